The highest BCUT2D eigenvalue weighted by atomic mass is 79.9. The van der Waals surface area contributed by atoms with E-state index in [0.29, 0.717) is 21.8 Å². The topological polar surface area (TPSA) is 49.4 Å². The fraction of sp³-hybridized carbons (Fsp3) is 0.636. The van der Waals surface area contributed by atoms with Crippen LogP contribution in [-0.2, 0) is 16.6 Å². The normalized spacial score (nSPS) is 12.6. The molecule has 18 heavy (non-hydrogen) atoms. The van der Waals surface area contributed by atoms with Gasteiger partial charge in [-0.1, -0.05) is 6.92 Å². The first-order valence-corrected chi connectivity index (χ1v) is 8.84. The first kappa shape index (κ1) is 16.1. The van der Waals surface area contributed by atoms with Crippen molar-refractivity contribution in [3.05, 3.63) is 14.7 Å². The second-order valence-electron chi connectivity index (χ2n) is 4.18. The Labute approximate surface area is 122 Å². The summed E-state index contributed by atoms with van der Waals surface area (Å²) >= 11 is 4.81. The molecule has 0 aliphatic heterocycles. The molecule has 1 aromatic heterocycles. The third-order valence-electron chi connectivity index (χ3n) is 2.53. The third kappa shape index (κ3) is 3.33. The van der Waals surface area contributed by atoms with E-state index >= 15 is 0 Å². The summed E-state index contributed by atoms with van der Waals surface area (Å²) in [6, 6.07) is 1.70. The molecule has 104 valence electrons. The molecule has 0 aromatic carbocycles. The van der Waals surface area contributed by atoms with Crippen LogP contribution in [0.3, 0.4) is 0 Å². The van der Waals surface area contributed by atoms with Gasteiger partial charge in [0.25, 0.3) is 0 Å². The Bertz CT molecular complexity index is 497. The van der Waals surface area contributed by atoms with Crippen LogP contribution in [-0.4, -0.2) is 32.4 Å². The Hall–Kier alpha value is 0.0500. The SMILES string of the molecule is CCN(C(C)C)S(=O)(=O)c1cc(CNC)sc1Br. The van der Waals surface area contributed by atoms with Gasteiger partial charge in [-0.15, -0.1) is 11.3 Å². The van der Waals surface area contributed by atoms with Gasteiger partial charge in [0, 0.05) is 24.0 Å². The maximum absolute atomic E-state index is 12.5. The fourth-order valence-electron chi connectivity index (χ4n) is 1.77. The van der Waals surface area contributed by atoms with E-state index in [0.717, 1.165) is 4.88 Å². The zero-order valence-electron chi connectivity index (χ0n) is 11.0. The smallest absolute Gasteiger partial charge is 0.245 e. The first-order valence-electron chi connectivity index (χ1n) is 5.79. The van der Waals surface area contributed by atoms with Crippen molar-refractivity contribution in [2.24, 2.45) is 0 Å². The summed E-state index contributed by atoms with van der Waals surface area (Å²) in [6.07, 6.45) is 0. The molecule has 1 aromatic rings. The summed E-state index contributed by atoms with van der Waals surface area (Å²) in [6.45, 7) is 6.77. The molecule has 1 heterocycles. The number of thiophene rings is 1. The molecule has 0 saturated carbocycles. The van der Waals surface area contributed by atoms with Crippen molar-refractivity contribution in [1.29, 1.82) is 0 Å². The molecule has 0 fully saturated rings. The molecule has 7 heteroatoms. The van der Waals surface area contributed by atoms with E-state index in [-0.39, 0.29) is 6.04 Å². The maximum atomic E-state index is 12.5. The molecule has 1 rings (SSSR count). The number of sulfonamides is 1. The van der Waals surface area contributed by atoms with Crippen LogP contribution in [0.1, 0.15) is 25.6 Å². The molecular formula is C11H19BrN2O2S2. The van der Waals surface area contributed by atoms with Crippen molar-refractivity contribution >= 4 is 37.3 Å². The lowest BCUT2D eigenvalue weighted by Gasteiger charge is -2.23. The van der Waals surface area contributed by atoms with Crippen molar-refractivity contribution in [2.45, 2.75) is 38.3 Å². The van der Waals surface area contributed by atoms with Crippen LogP contribution in [0.15, 0.2) is 14.7 Å². The highest BCUT2D eigenvalue weighted by Gasteiger charge is 2.29. The number of hydrogen-bond acceptors (Lipinski definition) is 4. The van der Waals surface area contributed by atoms with Crippen LogP contribution in [0.2, 0.25) is 0 Å². The van der Waals surface area contributed by atoms with Gasteiger partial charge in [0.2, 0.25) is 10.0 Å². The zero-order valence-corrected chi connectivity index (χ0v) is 14.2. The monoisotopic (exact) mass is 354 g/mol. The first-order chi connectivity index (χ1) is 8.34. The molecule has 0 amide bonds. The molecule has 0 aliphatic carbocycles. The second kappa shape index (κ2) is 6.47. The van der Waals surface area contributed by atoms with Gasteiger partial charge in [-0.05, 0) is 42.9 Å². The summed E-state index contributed by atoms with van der Waals surface area (Å²) in [7, 11) is -1.57. The second-order valence-corrected chi connectivity index (χ2v) is 8.50. The Morgan fingerprint density at radius 2 is 2.11 bits per heavy atom. The molecule has 4 nitrogen and oxygen atoms in total. The lowest BCUT2D eigenvalue weighted by Crippen LogP contribution is -2.36. The fourth-order valence-corrected chi connectivity index (χ4v) is 6.07. The molecule has 0 bridgehead atoms. The maximum Gasteiger partial charge on any atom is 0.245 e. The van der Waals surface area contributed by atoms with Gasteiger partial charge in [0.15, 0.2) is 0 Å². The highest BCUT2D eigenvalue weighted by Crippen LogP contribution is 2.34. The number of nitrogens with one attached hydrogen (secondary N) is 1. The number of hydrogen-bond donors (Lipinski definition) is 1. The molecule has 0 aliphatic rings. The Morgan fingerprint density at radius 3 is 2.56 bits per heavy atom. The Morgan fingerprint density at radius 1 is 1.50 bits per heavy atom. The van der Waals surface area contributed by atoms with E-state index in [9.17, 15) is 8.42 Å². The molecule has 1 N–H and O–H groups in total. The largest absolute Gasteiger partial charge is 0.315 e. The quantitative estimate of drug-likeness (QED) is 0.854. The number of halogens is 1. The zero-order chi connectivity index (χ0) is 13.9. The van der Waals surface area contributed by atoms with E-state index in [1.807, 2.05) is 27.8 Å². The molecule has 0 spiro atoms. The van der Waals surface area contributed by atoms with E-state index in [4.69, 9.17) is 0 Å². The summed E-state index contributed by atoms with van der Waals surface area (Å²) in [4.78, 5) is 1.37. The summed E-state index contributed by atoms with van der Waals surface area (Å²) in [5.74, 6) is 0. The van der Waals surface area contributed by atoms with Crippen LogP contribution in [0.5, 0.6) is 0 Å². The minimum atomic E-state index is -3.41. The van der Waals surface area contributed by atoms with Crippen molar-refractivity contribution in [1.82, 2.24) is 9.62 Å². The van der Waals surface area contributed by atoms with E-state index in [2.05, 4.69) is 21.2 Å². The van der Waals surface area contributed by atoms with Gasteiger partial charge in [-0.3, -0.25) is 0 Å². The highest BCUT2D eigenvalue weighted by molar-refractivity contribution is 9.11. The lowest BCUT2D eigenvalue weighted by atomic mass is 10.4. The molecule has 0 radical (unpaired) electrons. The van der Waals surface area contributed by atoms with Crippen molar-refractivity contribution < 1.29 is 8.42 Å². The standard InChI is InChI=1S/C11H19BrN2O2S2/c1-5-14(8(2)3)18(15,16)10-6-9(7-13-4)17-11(10)12/h6,8,13H,5,7H2,1-4H3. The summed E-state index contributed by atoms with van der Waals surface area (Å²) in [5.41, 5.74) is 0. The predicted octanol–water partition coefficient (Wildman–Crippen LogP) is 2.65. The van der Waals surface area contributed by atoms with Crippen LogP contribution < -0.4 is 5.32 Å². The molecule has 0 atom stereocenters. The van der Waals surface area contributed by atoms with E-state index in [1.165, 1.54) is 15.6 Å². The van der Waals surface area contributed by atoms with Crippen molar-refractivity contribution in [3.63, 3.8) is 0 Å². The molecular weight excluding hydrogens is 336 g/mol. The van der Waals surface area contributed by atoms with Crippen molar-refractivity contribution in [3.8, 4) is 0 Å². The van der Waals surface area contributed by atoms with Crippen molar-refractivity contribution in [2.75, 3.05) is 13.6 Å². The van der Waals surface area contributed by atoms with Gasteiger partial charge >= 0.3 is 0 Å². The summed E-state index contributed by atoms with van der Waals surface area (Å²) < 4.78 is 27.2. The van der Waals surface area contributed by atoms with Crippen LogP contribution in [0, 0.1) is 0 Å². The molecule has 0 unspecified atom stereocenters. The van der Waals surface area contributed by atoms with Gasteiger partial charge in [-0.2, -0.15) is 4.31 Å². The number of nitrogens with zero attached hydrogens (tertiary/aromatic N) is 1. The average Bonchev–Trinajstić information content (AvgIpc) is 2.60. The lowest BCUT2D eigenvalue weighted by molar-refractivity contribution is 0.369. The van der Waals surface area contributed by atoms with Gasteiger partial charge < -0.3 is 5.32 Å². The summed E-state index contributed by atoms with van der Waals surface area (Å²) in [5, 5.41) is 3.02. The third-order valence-corrected chi connectivity index (χ3v) is 6.93. The Kier molecular flexibility index (Phi) is 5.79. The van der Waals surface area contributed by atoms with E-state index < -0.39 is 10.0 Å². The van der Waals surface area contributed by atoms with Crippen LogP contribution in [0.4, 0.5) is 0 Å². The van der Waals surface area contributed by atoms with E-state index in [1.54, 1.807) is 6.07 Å². The van der Waals surface area contributed by atoms with Crippen LogP contribution in [0.25, 0.3) is 0 Å². The predicted molar refractivity (Wildman–Crippen MR) is 79.5 cm³/mol. The minimum Gasteiger partial charge on any atom is -0.315 e. The number of rotatable bonds is 6. The molecule has 0 saturated heterocycles. The van der Waals surface area contributed by atoms with Gasteiger partial charge in [-0.25, -0.2) is 8.42 Å². The minimum absolute atomic E-state index is 0.0421. The average molecular weight is 355 g/mol. The van der Waals surface area contributed by atoms with Crippen LogP contribution >= 0.6 is 27.3 Å². The van der Waals surface area contributed by atoms with Gasteiger partial charge in [0.05, 0.1) is 3.79 Å². The Balaban J connectivity index is 3.19. The van der Waals surface area contributed by atoms with Gasteiger partial charge in [0.1, 0.15) is 4.90 Å².